The highest BCUT2D eigenvalue weighted by Gasteiger charge is 2.18. The van der Waals surface area contributed by atoms with Crippen molar-refractivity contribution in [2.45, 2.75) is 26.2 Å². The van der Waals surface area contributed by atoms with Gasteiger partial charge in [-0.25, -0.2) is 0 Å². The summed E-state index contributed by atoms with van der Waals surface area (Å²) in [6.45, 7) is 8.00. The first-order valence-electron chi connectivity index (χ1n) is 6.05. The van der Waals surface area contributed by atoms with Crippen molar-refractivity contribution >= 4 is 11.6 Å². The zero-order valence-corrected chi connectivity index (χ0v) is 10.5. The van der Waals surface area contributed by atoms with Crippen LogP contribution in [-0.2, 0) is 0 Å². The maximum atomic E-state index is 5.54. The van der Waals surface area contributed by atoms with E-state index in [1.54, 1.807) is 5.54 Å². The summed E-state index contributed by atoms with van der Waals surface area (Å²) in [6, 6.07) is 0. The second-order valence-electron chi connectivity index (χ2n) is 4.33. The molecule has 0 aliphatic carbocycles. The molecule has 0 amide bonds. The van der Waals surface area contributed by atoms with Crippen LogP contribution in [0.25, 0.3) is 0 Å². The second-order valence-corrected chi connectivity index (χ2v) is 4.59. The van der Waals surface area contributed by atoms with Gasteiger partial charge >= 0.3 is 0 Å². The van der Waals surface area contributed by atoms with Crippen LogP contribution in [-0.4, -0.2) is 37.6 Å². The van der Waals surface area contributed by atoms with Gasteiger partial charge in [-0.2, -0.15) is 0 Å². The van der Waals surface area contributed by atoms with Gasteiger partial charge < -0.3 is 5.32 Å². The molecule has 1 aliphatic heterocycles. The summed E-state index contributed by atoms with van der Waals surface area (Å²) in [4.78, 5) is 2.49. The minimum Gasteiger partial charge on any atom is -0.316 e. The Kier molecular flexibility index (Phi) is 7.07. The van der Waals surface area contributed by atoms with Gasteiger partial charge in [-0.05, 0) is 44.8 Å². The quantitative estimate of drug-likeness (QED) is 0.706. The third-order valence-corrected chi connectivity index (χ3v) is 3.09. The molecule has 2 nitrogen and oxygen atoms in total. The van der Waals surface area contributed by atoms with Crippen LogP contribution in [0.2, 0.25) is 0 Å². The van der Waals surface area contributed by atoms with Crippen LogP contribution in [0.15, 0.2) is 11.6 Å². The molecule has 0 aromatic rings. The van der Waals surface area contributed by atoms with E-state index in [0.717, 1.165) is 19.0 Å². The van der Waals surface area contributed by atoms with E-state index in [0.29, 0.717) is 0 Å². The lowest BCUT2D eigenvalue weighted by Gasteiger charge is -2.32. The Hall–Kier alpha value is -0.0500. The van der Waals surface area contributed by atoms with E-state index in [-0.39, 0.29) is 0 Å². The average Bonchev–Trinajstić information content (AvgIpc) is 2.27. The second kappa shape index (κ2) is 8.14. The van der Waals surface area contributed by atoms with Crippen LogP contribution in [0, 0.1) is 5.92 Å². The largest absolute Gasteiger partial charge is 0.316 e. The van der Waals surface area contributed by atoms with Crippen molar-refractivity contribution in [1.29, 1.82) is 0 Å². The van der Waals surface area contributed by atoms with E-state index in [9.17, 15) is 0 Å². The monoisotopic (exact) mass is 230 g/mol. The van der Waals surface area contributed by atoms with Gasteiger partial charge in [0.05, 0.1) is 0 Å². The van der Waals surface area contributed by atoms with Crippen LogP contribution in [0.5, 0.6) is 0 Å². The number of piperidine rings is 1. The van der Waals surface area contributed by atoms with Crippen LogP contribution in [0.1, 0.15) is 26.2 Å². The lowest BCUT2D eigenvalue weighted by atomic mass is 9.98. The smallest absolute Gasteiger partial charge is 0.0174 e. The van der Waals surface area contributed by atoms with Crippen LogP contribution in [0.3, 0.4) is 0 Å². The SMILES string of the molecule is CCCNCC1CCCN(CC=CCl)C1. The summed E-state index contributed by atoms with van der Waals surface area (Å²) in [6.07, 6.45) is 5.96. The maximum Gasteiger partial charge on any atom is 0.0174 e. The Bertz CT molecular complexity index is 182. The van der Waals surface area contributed by atoms with Crippen molar-refractivity contribution < 1.29 is 0 Å². The molecule has 1 fully saturated rings. The Morgan fingerprint density at radius 1 is 1.53 bits per heavy atom. The van der Waals surface area contributed by atoms with Crippen molar-refractivity contribution in [3.8, 4) is 0 Å². The fraction of sp³-hybridized carbons (Fsp3) is 0.833. The molecule has 1 atom stereocenters. The predicted octanol–water partition coefficient (Wildman–Crippen LogP) is 2.45. The normalized spacial score (nSPS) is 23.7. The first-order valence-corrected chi connectivity index (χ1v) is 6.48. The molecule has 1 rings (SSSR count). The molecule has 3 heteroatoms. The van der Waals surface area contributed by atoms with E-state index < -0.39 is 0 Å². The highest BCUT2D eigenvalue weighted by molar-refractivity contribution is 6.25. The number of likely N-dealkylation sites (tertiary alicyclic amines) is 1. The molecule has 1 unspecified atom stereocenters. The fourth-order valence-corrected chi connectivity index (χ4v) is 2.24. The Morgan fingerprint density at radius 2 is 2.40 bits per heavy atom. The van der Waals surface area contributed by atoms with Crippen molar-refractivity contribution in [2.24, 2.45) is 5.92 Å². The standard InChI is InChI=1S/C12H23ClN2/c1-2-7-14-10-12-5-3-8-15(11-12)9-4-6-13/h4,6,12,14H,2-3,5,7-11H2,1H3. The lowest BCUT2D eigenvalue weighted by molar-refractivity contribution is 0.188. The molecule has 1 heterocycles. The van der Waals surface area contributed by atoms with Crippen molar-refractivity contribution in [2.75, 3.05) is 32.7 Å². The number of nitrogens with one attached hydrogen (secondary N) is 1. The Balaban J connectivity index is 2.16. The summed E-state index contributed by atoms with van der Waals surface area (Å²) < 4.78 is 0. The first kappa shape index (κ1) is 13.0. The fourth-order valence-electron chi connectivity index (χ4n) is 2.16. The third-order valence-electron chi connectivity index (χ3n) is 2.92. The highest BCUT2D eigenvalue weighted by atomic mass is 35.5. The molecule has 88 valence electrons. The minimum atomic E-state index is 0.828. The Morgan fingerprint density at radius 3 is 3.13 bits per heavy atom. The van der Waals surface area contributed by atoms with E-state index in [2.05, 4.69) is 17.1 Å². The summed E-state index contributed by atoms with van der Waals surface area (Å²) >= 11 is 5.54. The lowest BCUT2D eigenvalue weighted by Crippen LogP contribution is -2.39. The molecule has 1 N–H and O–H groups in total. The molecule has 0 spiro atoms. The van der Waals surface area contributed by atoms with E-state index >= 15 is 0 Å². The molecular weight excluding hydrogens is 208 g/mol. The van der Waals surface area contributed by atoms with E-state index in [1.165, 1.54) is 38.9 Å². The first-order chi connectivity index (χ1) is 7.36. The van der Waals surface area contributed by atoms with Gasteiger partial charge in [-0.15, -0.1) is 0 Å². The highest BCUT2D eigenvalue weighted by Crippen LogP contribution is 2.15. The van der Waals surface area contributed by atoms with Gasteiger partial charge in [-0.3, -0.25) is 4.90 Å². The van der Waals surface area contributed by atoms with E-state index in [1.807, 2.05) is 6.08 Å². The van der Waals surface area contributed by atoms with Gasteiger partial charge in [-0.1, -0.05) is 24.6 Å². The summed E-state index contributed by atoms with van der Waals surface area (Å²) in [5.41, 5.74) is 1.62. The molecule has 0 aromatic carbocycles. The molecule has 0 bridgehead atoms. The van der Waals surface area contributed by atoms with Crippen molar-refractivity contribution in [1.82, 2.24) is 10.2 Å². The number of halogens is 1. The van der Waals surface area contributed by atoms with E-state index in [4.69, 9.17) is 11.6 Å². The molecule has 1 saturated heterocycles. The summed E-state index contributed by atoms with van der Waals surface area (Å²) in [5.74, 6) is 0.828. The predicted molar refractivity (Wildman–Crippen MR) is 67.3 cm³/mol. The molecule has 1 aliphatic rings. The van der Waals surface area contributed by atoms with Crippen molar-refractivity contribution in [3.63, 3.8) is 0 Å². The van der Waals surface area contributed by atoms with Crippen LogP contribution < -0.4 is 5.32 Å². The van der Waals surface area contributed by atoms with Gasteiger partial charge in [0, 0.05) is 18.6 Å². The van der Waals surface area contributed by atoms with Gasteiger partial charge in [0.2, 0.25) is 0 Å². The molecule has 0 aromatic heterocycles. The zero-order chi connectivity index (χ0) is 10.9. The average molecular weight is 231 g/mol. The minimum absolute atomic E-state index is 0.828. The Labute approximate surface area is 98.7 Å². The number of nitrogens with zero attached hydrogens (tertiary/aromatic N) is 1. The summed E-state index contributed by atoms with van der Waals surface area (Å²) in [7, 11) is 0. The van der Waals surface area contributed by atoms with Crippen LogP contribution >= 0.6 is 11.6 Å². The molecule has 0 saturated carbocycles. The number of hydrogen-bond donors (Lipinski definition) is 1. The molecular formula is C12H23ClN2. The molecule has 0 radical (unpaired) electrons. The number of hydrogen-bond acceptors (Lipinski definition) is 2. The topological polar surface area (TPSA) is 15.3 Å². The van der Waals surface area contributed by atoms with Gasteiger partial charge in [0.15, 0.2) is 0 Å². The van der Waals surface area contributed by atoms with Gasteiger partial charge in [0.25, 0.3) is 0 Å². The third kappa shape index (κ3) is 5.55. The van der Waals surface area contributed by atoms with Crippen LogP contribution in [0.4, 0.5) is 0 Å². The molecule has 15 heavy (non-hydrogen) atoms. The zero-order valence-electron chi connectivity index (χ0n) is 9.71. The maximum absolute atomic E-state index is 5.54. The number of rotatable bonds is 6. The van der Waals surface area contributed by atoms with Gasteiger partial charge in [0.1, 0.15) is 0 Å². The summed E-state index contributed by atoms with van der Waals surface area (Å²) in [5, 5.41) is 3.51. The van der Waals surface area contributed by atoms with Crippen molar-refractivity contribution in [3.05, 3.63) is 11.6 Å².